The summed E-state index contributed by atoms with van der Waals surface area (Å²) < 4.78 is 6.60. The third-order valence-corrected chi connectivity index (χ3v) is 2.07. The van der Waals surface area contributed by atoms with Gasteiger partial charge in [0.25, 0.3) is 0 Å². The number of nitrogens with zero attached hydrogens (tertiary/aromatic N) is 5. The summed E-state index contributed by atoms with van der Waals surface area (Å²) in [6.45, 7) is 2.50. The first-order chi connectivity index (χ1) is 7.31. The van der Waals surface area contributed by atoms with Crippen LogP contribution >= 0.6 is 0 Å². The molecule has 0 radical (unpaired) electrons. The van der Waals surface area contributed by atoms with Crippen molar-refractivity contribution in [3.05, 3.63) is 29.8 Å². The van der Waals surface area contributed by atoms with E-state index >= 15 is 0 Å². The second kappa shape index (κ2) is 4.14. The number of hydrogen-bond acceptors (Lipinski definition) is 5. The first-order valence-corrected chi connectivity index (χ1v) is 4.49. The van der Waals surface area contributed by atoms with Crippen molar-refractivity contribution >= 4 is 0 Å². The zero-order valence-corrected chi connectivity index (χ0v) is 8.58. The molecule has 0 saturated heterocycles. The monoisotopic (exact) mass is 205 g/mol. The Morgan fingerprint density at radius 3 is 2.93 bits per heavy atom. The lowest BCUT2D eigenvalue weighted by atomic mass is 10.2. The van der Waals surface area contributed by atoms with E-state index in [1.165, 1.54) is 6.33 Å². The molecule has 6 nitrogen and oxygen atoms in total. The minimum Gasteiger partial charge on any atom is -0.378 e. The highest BCUT2D eigenvalue weighted by Crippen LogP contribution is 2.10. The zero-order chi connectivity index (χ0) is 10.7. The number of aryl methyl sites for hydroxylation is 1. The first kappa shape index (κ1) is 9.72. The van der Waals surface area contributed by atoms with Gasteiger partial charge in [-0.2, -0.15) is 4.68 Å². The van der Waals surface area contributed by atoms with Crippen LogP contribution in [0, 0.1) is 6.92 Å². The van der Waals surface area contributed by atoms with E-state index in [1.54, 1.807) is 18.0 Å². The second-order valence-electron chi connectivity index (χ2n) is 3.14. The average Bonchev–Trinajstić information content (AvgIpc) is 2.74. The summed E-state index contributed by atoms with van der Waals surface area (Å²) in [4.78, 5) is 4.28. The fourth-order valence-corrected chi connectivity index (χ4v) is 1.28. The smallest absolute Gasteiger partial charge is 0.143 e. The Hall–Kier alpha value is -1.82. The maximum absolute atomic E-state index is 5.03. The molecule has 0 saturated carbocycles. The van der Waals surface area contributed by atoms with Gasteiger partial charge in [0, 0.05) is 7.11 Å². The molecule has 0 aliphatic heterocycles. The van der Waals surface area contributed by atoms with E-state index in [0.717, 1.165) is 16.9 Å². The van der Waals surface area contributed by atoms with Gasteiger partial charge in [0.05, 0.1) is 24.2 Å². The van der Waals surface area contributed by atoms with Crippen molar-refractivity contribution in [1.82, 2.24) is 25.2 Å². The van der Waals surface area contributed by atoms with Crippen LogP contribution in [0.15, 0.2) is 18.6 Å². The number of methoxy groups -OCH3 is 1. The van der Waals surface area contributed by atoms with E-state index < -0.39 is 0 Å². The summed E-state index contributed by atoms with van der Waals surface area (Å²) >= 11 is 0. The lowest BCUT2D eigenvalue weighted by Gasteiger charge is -2.05. The molecule has 15 heavy (non-hydrogen) atoms. The largest absolute Gasteiger partial charge is 0.378 e. The number of ether oxygens (including phenoxy) is 1. The molecule has 0 amide bonds. The molecular formula is C9H11N5O. The van der Waals surface area contributed by atoms with E-state index in [1.807, 2.05) is 13.0 Å². The minimum absolute atomic E-state index is 0.516. The lowest BCUT2D eigenvalue weighted by Crippen LogP contribution is -2.01. The fourth-order valence-electron chi connectivity index (χ4n) is 1.28. The van der Waals surface area contributed by atoms with Crippen molar-refractivity contribution in [1.29, 1.82) is 0 Å². The predicted molar refractivity (Wildman–Crippen MR) is 52.4 cm³/mol. The number of hydrogen-bond donors (Lipinski definition) is 0. The van der Waals surface area contributed by atoms with Gasteiger partial charge in [-0.3, -0.25) is 4.98 Å². The third-order valence-electron chi connectivity index (χ3n) is 2.07. The molecular weight excluding hydrogens is 194 g/mol. The molecule has 6 heteroatoms. The van der Waals surface area contributed by atoms with Crippen molar-refractivity contribution in [2.24, 2.45) is 0 Å². The number of rotatable bonds is 3. The molecule has 2 aromatic rings. The summed E-state index contributed by atoms with van der Waals surface area (Å²) in [6, 6.07) is 1.97. The Balaban J connectivity index is 2.33. The minimum atomic E-state index is 0.516. The van der Waals surface area contributed by atoms with Gasteiger partial charge >= 0.3 is 0 Å². The van der Waals surface area contributed by atoms with Crippen LogP contribution in [0.25, 0.3) is 5.69 Å². The van der Waals surface area contributed by atoms with E-state index in [4.69, 9.17) is 4.74 Å². The van der Waals surface area contributed by atoms with Gasteiger partial charge in [-0.05, 0) is 29.0 Å². The standard InChI is InChI=1S/C9H11N5O/c1-7-3-8(14-6-11-12-13-14)4-10-9(7)5-15-2/h3-4,6H,5H2,1-2H3. The summed E-state index contributed by atoms with van der Waals surface area (Å²) in [5.74, 6) is 0. The van der Waals surface area contributed by atoms with Gasteiger partial charge in [0.15, 0.2) is 0 Å². The van der Waals surface area contributed by atoms with Crippen LogP contribution in [-0.4, -0.2) is 32.3 Å². The molecule has 2 heterocycles. The fraction of sp³-hybridized carbons (Fsp3) is 0.333. The Morgan fingerprint density at radius 1 is 1.47 bits per heavy atom. The molecule has 0 bridgehead atoms. The van der Waals surface area contributed by atoms with Crippen LogP contribution in [-0.2, 0) is 11.3 Å². The molecule has 0 aliphatic carbocycles. The summed E-state index contributed by atoms with van der Waals surface area (Å²) in [7, 11) is 1.65. The van der Waals surface area contributed by atoms with Crippen LogP contribution < -0.4 is 0 Å². The van der Waals surface area contributed by atoms with Crippen LogP contribution in [0.4, 0.5) is 0 Å². The molecule has 2 rings (SSSR count). The molecule has 0 aromatic carbocycles. The molecule has 0 fully saturated rings. The Morgan fingerprint density at radius 2 is 2.33 bits per heavy atom. The lowest BCUT2D eigenvalue weighted by molar-refractivity contribution is 0.181. The molecule has 78 valence electrons. The molecule has 0 N–H and O–H groups in total. The van der Waals surface area contributed by atoms with Gasteiger partial charge in [0.1, 0.15) is 6.33 Å². The SMILES string of the molecule is COCc1ncc(-n2cnnn2)cc1C. The first-order valence-electron chi connectivity index (χ1n) is 4.49. The molecule has 2 aromatic heterocycles. The van der Waals surface area contributed by atoms with E-state index in [0.29, 0.717) is 6.61 Å². The van der Waals surface area contributed by atoms with Gasteiger partial charge in [-0.25, -0.2) is 0 Å². The Bertz CT molecular complexity index is 440. The van der Waals surface area contributed by atoms with Crippen LogP contribution in [0.1, 0.15) is 11.3 Å². The highest BCUT2D eigenvalue weighted by atomic mass is 16.5. The van der Waals surface area contributed by atoms with Crippen LogP contribution in [0.5, 0.6) is 0 Å². The highest BCUT2D eigenvalue weighted by Gasteiger charge is 2.03. The van der Waals surface area contributed by atoms with E-state index in [2.05, 4.69) is 20.5 Å². The van der Waals surface area contributed by atoms with Gasteiger partial charge in [-0.1, -0.05) is 0 Å². The summed E-state index contributed by atoms with van der Waals surface area (Å²) in [6.07, 6.45) is 3.25. The summed E-state index contributed by atoms with van der Waals surface area (Å²) in [5, 5.41) is 10.9. The van der Waals surface area contributed by atoms with Crippen molar-refractivity contribution in [2.45, 2.75) is 13.5 Å². The quantitative estimate of drug-likeness (QED) is 0.730. The maximum atomic E-state index is 5.03. The van der Waals surface area contributed by atoms with Crippen molar-refractivity contribution in [2.75, 3.05) is 7.11 Å². The normalized spacial score (nSPS) is 10.5. The maximum Gasteiger partial charge on any atom is 0.143 e. The van der Waals surface area contributed by atoms with Gasteiger partial charge in [-0.15, -0.1) is 5.10 Å². The number of tetrazole rings is 1. The zero-order valence-electron chi connectivity index (χ0n) is 8.58. The summed E-state index contributed by atoms with van der Waals surface area (Å²) in [5.41, 5.74) is 2.83. The predicted octanol–water partition coefficient (Wildman–Crippen LogP) is 0.512. The van der Waals surface area contributed by atoms with E-state index in [9.17, 15) is 0 Å². The Kier molecular flexibility index (Phi) is 2.68. The Labute approximate surface area is 86.9 Å². The average molecular weight is 205 g/mol. The third kappa shape index (κ3) is 1.99. The van der Waals surface area contributed by atoms with Gasteiger partial charge in [0.2, 0.25) is 0 Å². The highest BCUT2D eigenvalue weighted by molar-refractivity contribution is 5.33. The second-order valence-corrected chi connectivity index (χ2v) is 3.14. The molecule has 0 aliphatic rings. The van der Waals surface area contributed by atoms with Gasteiger partial charge < -0.3 is 4.74 Å². The van der Waals surface area contributed by atoms with Crippen molar-refractivity contribution < 1.29 is 4.74 Å². The molecule has 0 spiro atoms. The van der Waals surface area contributed by atoms with Crippen molar-refractivity contribution in [3.63, 3.8) is 0 Å². The topological polar surface area (TPSA) is 65.7 Å². The number of aromatic nitrogens is 5. The van der Waals surface area contributed by atoms with Crippen LogP contribution in [0.3, 0.4) is 0 Å². The van der Waals surface area contributed by atoms with Crippen LogP contribution in [0.2, 0.25) is 0 Å². The molecule has 0 unspecified atom stereocenters. The molecule has 0 atom stereocenters. The number of pyridine rings is 1. The van der Waals surface area contributed by atoms with Crippen molar-refractivity contribution in [3.8, 4) is 5.69 Å². The van der Waals surface area contributed by atoms with E-state index in [-0.39, 0.29) is 0 Å².